The van der Waals surface area contributed by atoms with Crippen molar-refractivity contribution in [1.29, 1.82) is 0 Å². The normalized spacial score (nSPS) is 11.2. The molecule has 0 fully saturated rings. The van der Waals surface area contributed by atoms with Gasteiger partial charge in [0, 0.05) is 18.3 Å². The number of methoxy groups -OCH3 is 1. The smallest absolute Gasteiger partial charge is 0.343 e. The maximum atomic E-state index is 11.4. The highest BCUT2D eigenvalue weighted by atomic mass is 16.6. The van der Waals surface area contributed by atoms with Crippen LogP contribution in [-0.4, -0.2) is 24.1 Å². The molecule has 3 rings (SSSR count). The van der Waals surface area contributed by atoms with Gasteiger partial charge in [-0.05, 0) is 35.7 Å². The van der Waals surface area contributed by atoms with Crippen molar-refractivity contribution in [2.45, 2.75) is 19.8 Å². The number of benzene rings is 1. The number of aryl methyl sites for hydroxylation is 1. The van der Waals surface area contributed by atoms with E-state index in [4.69, 9.17) is 4.74 Å². The number of hydrogen-bond acceptors (Lipinski definition) is 3. The molecule has 2 heterocycles. The van der Waals surface area contributed by atoms with Crippen LogP contribution in [0.25, 0.3) is 11.6 Å². The Bertz CT molecular complexity index is 910. The lowest BCUT2D eigenvalue weighted by Crippen LogP contribution is -2.12. The minimum atomic E-state index is -0.389. The monoisotopic (exact) mass is 349 g/mol. The third-order valence-electron chi connectivity index (χ3n) is 4.34. The maximum absolute atomic E-state index is 11.4. The Balaban J connectivity index is 1.87. The van der Waals surface area contributed by atoms with E-state index in [-0.39, 0.29) is 12.6 Å². The Morgan fingerprint density at radius 1 is 1.15 bits per heavy atom. The van der Waals surface area contributed by atoms with E-state index in [1.54, 1.807) is 0 Å². The molecule has 3 aromatic rings. The van der Waals surface area contributed by atoms with E-state index >= 15 is 0 Å². The summed E-state index contributed by atoms with van der Waals surface area (Å²) in [5.74, 6) is 0.297. The molecule has 4 heteroatoms. The number of ether oxygens (including phenoxy) is 2. The molecule has 0 saturated carbocycles. The molecule has 1 aromatic carbocycles. The fourth-order valence-corrected chi connectivity index (χ4v) is 3.00. The summed E-state index contributed by atoms with van der Waals surface area (Å²) >= 11 is 0. The first-order valence-corrected chi connectivity index (χ1v) is 8.76. The van der Waals surface area contributed by atoms with Crippen molar-refractivity contribution in [3.8, 4) is 5.75 Å². The molecule has 0 unspecified atom stereocenters. The quantitative estimate of drug-likeness (QED) is 0.597. The highest BCUT2D eigenvalue weighted by molar-refractivity contribution is 5.72. The molecule has 0 bridgehead atoms. The SMILES string of the molecule is CCc1cc2c(OCC(=O)OC)cccn2c1C/C=C/c1ccccc1. The average molecular weight is 349 g/mol. The van der Waals surface area contributed by atoms with E-state index in [9.17, 15) is 4.79 Å². The highest BCUT2D eigenvalue weighted by Crippen LogP contribution is 2.26. The number of carbonyl (C=O) groups excluding carboxylic acids is 1. The number of rotatable bonds is 7. The van der Waals surface area contributed by atoms with Gasteiger partial charge in [-0.3, -0.25) is 0 Å². The molecule has 26 heavy (non-hydrogen) atoms. The number of hydrogen-bond donors (Lipinski definition) is 0. The zero-order chi connectivity index (χ0) is 18.4. The third-order valence-corrected chi connectivity index (χ3v) is 4.34. The second kappa shape index (κ2) is 8.39. The number of nitrogens with zero attached hydrogens (tertiary/aromatic N) is 1. The molecule has 0 aliphatic heterocycles. The van der Waals surface area contributed by atoms with Crippen molar-refractivity contribution in [2.24, 2.45) is 0 Å². The Labute approximate surface area is 153 Å². The second-order valence-corrected chi connectivity index (χ2v) is 5.98. The predicted octanol–water partition coefficient (Wildman–Crippen LogP) is 4.31. The Morgan fingerprint density at radius 2 is 1.96 bits per heavy atom. The van der Waals surface area contributed by atoms with Crippen LogP contribution < -0.4 is 4.74 Å². The third kappa shape index (κ3) is 3.97. The molecule has 0 N–H and O–H groups in total. The number of aromatic nitrogens is 1. The Kier molecular flexibility index (Phi) is 5.74. The van der Waals surface area contributed by atoms with Crippen LogP contribution in [0.5, 0.6) is 5.75 Å². The first kappa shape index (κ1) is 17.8. The molecule has 0 spiro atoms. The highest BCUT2D eigenvalue weighted by Gasteiger charge is 2.12. The van der Waals surface area contributed by atoms with Gasteiger partial charge in [0.05, 0.1) is 12.6 Å². The fraction of sp³-hybridized carbons (Fsp3) is 0.227. The van der Waals surface area contributed by atoms with Gasteiger partial charge in [0.2, 0.25) is 0 Å². The van der Waals surface area contributed by atoms with E-state index in [2.05, 4.69) is 46.4 Å². The number of fused-ring (bicyclic) bond motifs is 1. The minimum absolute atomic E-state index is 0.0912. The maximum Gasteiger partial charge on any atom is 0.343 e. The number of carbonyl (C=O) groups is 1. The first-order valence-electron chi connectivity index (χ1n) is 8.76. The number of allylic oxidation sites excluding steroid dienone is 1. The molecular weight excluding hydrogens is 326 g/mol. The van der Waals surface area contributed by atoms with Crippen molar-refractivity contribution < 1.29 is 14.3 Å². The lowest BCUT2D eigenvalue weighted by Gasteiger charge is -2.08. The molecule has 134 valence electrons. The van der Waals surface area contributed by atoms with Gasteiger partial charge in [0.15, 0.2) is 6.61 Å². The van der Waals surface area contributed by atoms with E-state index < -0.39 is 0 Å². The fourth-order valence-electron chi connectivity index (χ4n) is 3.00. The van der Waals surface area contributed by atoms with Crippen molar-refractivity contribution >= 4 is 17.6 Å². The largest absolute Gasteiger partial charge is 0.480 e. The lowest BCUT2D eigenvalue weighted by molar-refractivity contribution is -0.142. The van der Waals surface area contributed by atoms with Gasteiger partial charge in [0.25, 0.3) is 0 Å². The zero-order valence-corrected chi connectivity index (χ0v) is 15.1. The van der Waals surface area contributed by atoms with E-state index in [0.29, 0.717) is 5.75 Å². The van der Waals surface area contributed by atoms with Gasteiger partial charge >= 0.3 is 5.97 Å². The van der Waals surface area contributed by atoms with E-state index in [1.165, 1.54) is 23.9 Å². The predicted molar refractivity (Wildman–Crippen MR) is 103 cm³/mol. The van der Waals surface area contributed by atoms with Crippen molar-refractivity contribution in [3.05, 3.63) is 77.6 Å². The van der Waals surface area contributed by atoms with Gasteiger partial charge in [-0.2, -0.15) is 0 Å². The van der Waals surface area contributed by atoms with Crippen molar-refractivity contribution in [1.82, 2.24) is 4.40 Å². The standard InChI is InChI=1S/C22H23NO3/c1-3-18-15-20-21(26-16-22(24)25-2)13-8-14-23(20)19(18)12-7-11-17-9-5-4-6-10-17/h4-11,13-15H,3,12,16H2,1-2H3/b11-7+. The molecule has 0 aliphatic carbocycles. The average Bonchev–Trinajstić information content (AvgIpc) is 3.05. The second-order valence-electron chi connectivity index (χ2n) is 5.98. The van der Waals surface area contributed by atoms with Crippen molar-refractivity contribution in [3.63, 3.8) is 0 Å². The topological polar surface area (TPSA) is 39.9 Å². The first-order chi connectivity index (χ1) is 12.7. The van der Waals surface area contributed by atoms with Gasteiger partial charge < -0.3 is 13.9 Å². The summed E-state index contributed by atoms with van der Waals surface area (Å²) in [5, 5.41) is 0. The summed E-state index contributed by atoms with van der Waals surface area (Å²) in [5.41, 5.74) is 4.67. The van der Waals surface area contributed by atoms with Crippen LogP contribution >= 0.6 is 0 Å². The summed E-state index contributed by atoms with van der Waals surface area (Å²) in [6.07, 6.45) is 8.11. The van der Waals surface area contributed by atoms with Gasteiger partial charge in [0.1, 0.15) is 5.75 Å². The van der Waals surface area contributed by atoms with E-state index in [1.807, 2.05) is 36.5 Å². The van der Waals surface area contributed by atoms with Gasteiger partial charge in [-0.25, -0.2) is 4.79 Å². The van der Waals surface area contributed by atoms with Crippen LogP contribution in [0.15, 0.2) is 60.8 Å². The summed E-state index contributed by atoms with van der Waals surface area (Å²) in [6.45, 7) is 2.06. The minimum Gasteiger partial charge on any atom is -0.480 e. The lowest BCUT2D eigenvalue weighted by atomic mass is 10.1. The van der Waals surface area contributed by atoms with Gasteiger partial charge in [-0.1, -0.05) is 49.4 Å². The molecule has 0 atom stereocenters. The molecule has 4 nitrogen and oxygen atoms in total. The number of pyridine rings is 1. The van der Waals surface area contributed by atoms with E-state index in [0.717, 1.165) is 18.4 Å². The molecule has 0 radical (unpaired) electrons. The van der Waals surface area contributed by atoms with Gasteiger partial charge in [-0.15, -0.1) is 0 Å². The molecule has 0 saturated heterocycles. The summed E-state index contributed by atoms with van der Waals surface area (Å²) in [4.78, 5) is 11.4. The van der Waals surface area contributed by atoms with Crippen LogP contribution in [0.2, 0.25) is 0 Å². The van der Waals surface area contributed by atoms with Crippen LogP contribution in [-0.2, 0) is 22.4 Å². The molecular formula is C22H23NO3. The Morgan fingerprint density at radius 3 is 2.69 bits per heavy atom. The zero-order valence-electron chi connectivity index (χ0n) is 15.1. The van der Waals surface area contributed by atoms with Crippen LogP contribution in [0.4, 0.5) is 0 Å². The summed E-state index contributed by atoms with van der Waals surface area (Å²) in [6, 6.07) is 16.2. The van der Waals surface area contributed by atoms with Crippen LogP contribution in [0, 0.1) is 0 Å². The van der Waals surface area contributed by atoms with Crippen LogP contribution in [0.1, 0.15) is 23.7 Å². The number of esters is 1. The molecule has 2 aromatic heterocycles. The van der Waals surface area contributed by atoms with Crippen molar-refractivity contribution in [2.75, 3.05) is 13.7 Å². The summed E-state index contributed by atoms with van der Waals surface area (Å²) < 4.78 is 12.4. The molecule has 0 amide bonds. The Hall–Kier alpha value is -3.01. The summed E-state index contributed by atoms with van der Waals surface area (Å²) in [7, 11) is 1.36. The van der Waals surface area contributed by atoms with Crippen LogP contribution in [0.3, 0.4) is 0 Å². The molecule has 0 aliphatic rings.